The van der Waals surface area contributed by atoms with Crippen molar-refractivity contribution in [3.8, 4) is 0 Å². The van der Waals surface area contributed by atoms with E-state index >= 15 is 0 Å². The lowest BCUT2D eigenvalue weighted by Gasteiger charge is -2.15. The average molecular weight is 218 g/mol. The maximum atomic E-state index is 5.56. The maximum Gasteiger partial charge on any atom is 0.0251 e. The van der Waals surface area contributed by atoms with E-state index in [1.807, 2.05) is 6.08 Å². The van der Waals surface area contributed by atoms with E-state index in [1.165, 1.54) is 11.1 Å². The molecule has 1 unspecified atom stereocenters. The van der Waals surface area contributed by atoms with Crippen molar-refractivity contribution in [3.63, 3.8) is 0 Å². The molecule has 2 nitrogen and oxygen atoms in total. The Hall–Kier alpha value is -1.12. The summed E-state index contributed by atoms with van der Waals surface area (Å²) < 4.78 is 0. The minimum Gasteiger partial charge on any atom is -0.271 e. The van der Waals surface area contributed by atoms with Crippen molar-refractivity contribution in [2.45, 2.75) is 38.6 Å². The Kier molecular flexibility index (Phi) is 5.83. The van der Waals surface area contributed by atoms with Crippen molar-refractivity contribution < 1.29 is 0 Å². The van der Waals surface area contributed by atoms with Gasteiger partial charge in [-0.05, 0) is 38.2 Å². The molecule has 0 saturated carbocycles. The average Bonchev–Trinajstić information content (AvgIpc) is 2.31. The molecule has 0 spiro atoms. The molecule has 0 amide bonds. The van der Waals surface area contributed by atoms with E-state index in [0.717, 1.165) is 25.7 Å². The fraction of sp³-hybridized carbons (Fsp3) is 0.429. The van der Waals surface area contributed by atoms with Crippen LogP contribution in [0, 0.1) is 6.92 Å². The van der Waals surface area contributed by atoms with Gasteiger partial charge in [-0.3, -0.25) is 11.3 Å². The largest absolute Gasteiger partial charge is 0.271 e. The van der Waals surface area contributed by atoms with Gasteiger partial charge in [0.1, 0.15) is 0 Å². The summed E-state index contributed by atoms with van der Waals surface area (Å²) in [5.74, 6) is 5.56. The Morgan fingerprint density at radius 2 is 2.06 bits per heavy atom. The summed E-state index contributed by atoms with van der Waals surface area (Å²) in [6.45, 7) is 5.83. The predicted octanol–water partition coefficient (Wildman–Crippen LogP) is 2.73. The monoisotopic (exact) mass is 218 g/mol. The smallest absolute Gasteiger partial charge is 0.0251 e. The van der Waals surface area contributed by atoms with E-state index < -0.39 is 0 Å². The van der Waals surface area contributed by atoms with E-state index in [2.05, 4.69) is 43.2 Å². The Morgan fingerprint density at radius 3 is 2.62 bits per heavy atom. The molecule has 1 atom stereocenters. The lowest BCUT2D eigenvalue weighted by atomic mass is 10.0. The van der Waals surface area contributed by atoms with Gasteiger partial charge in [-0.1, -0.05) is 35.9 Å². The number of aryl methyl sites for hydroxylation is 1. The van der Waals surface area contributed by atoms with Crippen LogP contribution in [0.1, 0.15) is 30.4 Å². The van der Waals surface area contributed by atoms with Crippen LogP contribution in [0.25, 0.3) is 0 Å². The molecular formula is C14H22N2. The molecule has 0 heterocycles. The summed E-state index contributed by atoms with van der Waals surface area (Å²) in [7, 11) is 0. The first-order chi connectivity index (χ1) is 7.76. The van der Waals surface area contributed by atoms with Crippen LogP contribution >= 0.6 is 0 Å². The quantitative estimate of drug-likeness (QED) is 0.319. The molecule has 3 N–H and O–H groups in total. The molecule has 0 aromatic heterocycles. The molecule has 88 valence electrons. The Morgan fingerprint density at radius 1 is 1.38 bits per heavy atom. The minimum atomic E-state index is 0.364. The zero-order chi connectivity index (χ0) is 11.8. The van der Waals surface area contributed by atoms with Crippen LogP contribution in [0.5, 0.6) is 0 Å². The number of rotatable bonds is 7. The molecule has 16 heavy (non-hydrogen) atoms. The first-order valence-corrected chi connectivity index (χ1v) is 5.89. The van der Waals surface area contributed by atoms with Crippen LogP contribution in [-0.4, -0.2) is 6.04 Å². The van der Waals surface area contributed by atoms with Gasteiger partial charge in [-0.25, -0.2) is 0 Å². The van der Waals surface area contributed by atoms with Gasteiger partial charge in [0.25, 0.3) is 0 Å². The van der Waals surface area contributed by atoms with E-state index in [1.54, 1.807) is 0 Å². The summed E-state index contributed by atoms with van der Waals surface area (Å²) in [5, 5.41) is 0. The second-order valence-corrected chi connectivity index (χ2v) is 4.27. The molecule has 0 radical (unpaired) electrons. The predicted molar refractivity (Wildman–Crippen MR) is 70.0 cm³/mol. The molecule has 1 rings (SSSR count). The Labute approximate surface area is 98.5 Å². The zero-order valence-electron chi connectivity index (χ0n) is 10.1. The fourth-order valence-corrected chi connectivity index (χ4v) is 1.76. The van der Waals surface area contributed by atoms with Crippen LogP contribution in [0.3, 0.4) is 0 Å². The van der Waals surface area contributed by atoms with Gasteiger partial charge in [0.2, 0.25) is 0 Å². The number of hydrogen-bond donors (Lipinski definition) is 2. The maximum absolute atomic E-state index is 5.56. The first kappa shape index (κ1) is 12.9. The highest BCUT2D eigenvalue weighted by Gasteiger charge is 2.06. The third-order valence-electron chi connectivity index (χ3n) is 2.80. The summed E-state index contributed by atoms with van der Waals surface area (Å²) in [5.41, 5.74) is 5.53. The van der Waals surface area contributed by atoms with Crippen LogP contribution < -0.4 is 11.3 Å². The van der Waals surface area contributed by atoms with E-state index in [9.17, 15) is 0 Å². The van der Waals surface area contributed by atoms with Gasteiger partial charge in [0.15, 0.2) is 0 Å². The van der Waals surface area contributed by atoms with Gasteiger partial charge in [-0.15, -0.1) is 6.58 Å². The van der Waals surface area contributed by atoms with Crippen LogP contribution in [0.2, 0.25) is 0 Å². The number of nitrogens with two attached hydrogens (primary N) is 1. The molecular weight excluding hydrogens is 196 g/mol. The second kappa shape index (κ2) is 7.20. The minimum absolute atomic E-state index is 0.364. The molecule has 0 saturated heterocycles. The highest BCUT2D eigenvalue weighted by atomic mass is 15.2. The van der Waals surface area contributed by atoms with Gasteiger partial charge in [0, 0.05) is 6.04 Å². The molecule has 0 aliphatic carbocycles. The molecule has 0 aliphatic heterocycles. The summed E-state index contributed by atoms with van der Waals surface area (Å²) in [6.07, 6.45) is 6.25. The molecule has 1 aromatic carbocycles. The number of allylic oxidation sites excluding steroid dienone is 1. The molecule has 0 fully saturated rings. The number of benzene rings is 1. The third kappa shape index (κ3) is 4.60. The van der Waals surface area contributed by atoms with Crippen LogP contribution in [0.15, 0.2) is 36.9 Å². The number of hydrogen-bond acceptors (Lipinski definition) is 2. The molecule has 0 aliphatic rings. The van der Waals surface area contributed by atoms with Crippen molar-refractivity contribution in [2.75, 3.05) is 0 Å². The number of unbranched alkanes of at least 4 members (excludes halogenated alkanes) is 1. The standard InChI is InChI=1S/C14H22N2/c1-3-4-5-6-14(16-15)11-13-9-7-12(2)8-10-13/h3,7-10,14,16H,1,4-6,11,15H2,2H3. The number of nitrogens with one attached hydrogen (secondary N) is 1. The van der Waals surface area contributed by atoms with E-state index in [-0.39, 0.29) is 0 Å². The van der Waals surface area contributed by atoms with Crippen LogP contribution in [0.4, 0.5) is 0 Å². The summed E-state index contributed by atoms with van der Waals surface area (Å²) in [4.78, 5) is 0. The van der Waals surface area contributed by atoms with Crippen molar-refractivity contribution >= 4 is 0 Å². The van der Waals surface area contributed by atoms with Gasteiger partial charge in [0.05, 0.1) is 0 Å². The summed E-state index contributed by atoms with van der Waals surface area (Å²) >= 11 is 0. The van der Waals surface area contributed by atoms with Crippen molar-refractivity contribution in [1.82, 2.24) is 5.43 Å². The Balaban J connectivity index is 2.42. The number of hydrazine groups is 1. The van der Waals surface area contributed by atoms with Gasteiger partial charge in [-0.2, -0.15) is 0 Å². The van der Waals surface area contributed by atoms with E-state index in [0.29, 0.717) is 6.04 Å². The lowest BCUT2D eigenvalue weighted by molar-refractivity contribution is 0.478. The van der Waals surface area contributed by atoms with E-state index in [4.69, 9.17) is 5.84 Å². The highest BCUT2D eigenvalue weighted by Crippen LogP contribution is 2.10. The summed E-state index contributed by atoms with van der Waals surface area (Å²) in [6, 6.07) is 9.00. The van der Waals surface area contributed by atoms with Crippen molar-refractivity contribution in [2.24, 2.45) is 5.84 Å². The normalized spacial score (nSPS) is 12.4. The van der Waals surface area contributed by atoms with Gasteiger partial charge < -0.3 is 0 Å². The molecule has 0 bridgehead atoms. The topological polar surface area (TPSA) is 38.0 Å². The fourth-order valence-electron chi connectivity index (χ4n) is 1.76. The third-order valence-corrected chi connectivity index (χ3v) is 2.80. The van der Waals surface area contributed by atoms with Gasteiger partial charge >= 0.3 is 0 Å². The zero-order valence-corrected chi connectivity index (χ0v) is 10.1. The molecule has 1 aromatic rings. The lowest BCUT2D eigenvalue weighted by Crippen LogP contribution is -2.36. The highest BCUT2D eigenvalue weighted by molar-refractivity contribution is 5.22. The Bertz CT molecular complexity index is 303. The van der Waals surface area contributed by atoms with Crippen LogP contribution in [-0.2, 0) is 6.42 Å². The SMILES string of the molecule is C=CCCCC(Cc1ccc(C)cc1)NN. The van der Waals surface area contributed by atoms with Crippen molar-refractivity contribution in [3.05, 3.63) is 48.0 Å². The molecule has 2 heteroatoms. The van der Waals surface area contributed by atoms with Crippen molar-refractivity contribution in [1.29, 1.82) is 0 Å². The first-order valence-electron chi connectivity index (χ1n) is 5.89. The second-order valence-electron chi connectivity index (χ2n) is 4.27.